The van der Waals surface area contributed by atoms with Gasteiger partial charge in [-0.25, -0.2) is 0 Å². The number of fused-ring (bicyclic) bond motifs is 1. The third-order valence-electron chi connectivity index (χ3n) is 3.75. The highest BCUT2D eigenvalue weighted by molar-refractivity contribution is 6.32. The van der Waals surface area contributed by atoms with Gasteiger partial charge < -0.3 is 10.3 Å². The first kappa shape index (κ1) is 11.1. The SMILES string of the molecule is Cc1c(Cl)ccc2cc(C3CCCNC3)[nH]c12. The maximum Gasteiger partial charge on any atom is 0.0500 e. The molecular weight excluding hydrogens is 232 g/mol. The molecule has 90 valence electrons. The number of aromatic nitrogens is 1. The lowest BCUT2D eigenvalue weighted by molar-refractivity contribution is 0.456. The monoisotopic (exact) mass is 248 g/mol. The van der Waals surface area contributed by atoms with Crippen molar-refractivity contribution in [2.75, 3.05) is 13.1 Å². The van der Waals surface area contributed by atoms with Gasteiger partial charge in [-0.3, -0.25) is 0 Å². The maximum absolute atomic E-state index is 6.15. The van der Waals surface area contributed by atoms with E-state index in [4.69, 9.17) is 11.6 Å². The summed E-state index contributed by atoms with van der Waals surface area (Å²) in [5.74, 6) is 0.620. The van der Waals surface area contributed by atoms with E-state index >= 15 is 0 Å². The fourth-order valence-electron chi connectivity index (χ4n) is 2.68. The summed E-state index contributed by atoms with van der Waals surface area (Å²) in [7, 11) is 0. The van der Waals surface area contributed by atoms with E-state index in [1.807, 2.05) is 6.07 Å². The fraction of sp³-hybridized carbons (Fsp3) is 0.429. The van der Waals surface area contributed by atoms with E-state index in [1.165, 1.54) is 29.4 Å². The van der Waals surface area contributed by atoms with E-state index in [0.29, 0.717) is 5.92 Å². The van der Waals surface area contributed by atoms with Gasteiger partial charge >= 0.3 is 0 Å². The second-order valence-electron chi connectivity index (χ2n) is 4.90. The van der Waals surface area contributed by atoms with E-state index in [0.717, 1.165) is 23.7 Å². The molecule has 1 aromatic heterocycles. The van der Waals surface area contributed by atoms with Gasteiger partial charge in [0.2, 0.25) is 0 Å². The molecule has 0 aliphatic carbocycles. The van der Waals surface area contributed by atoms with Crippen molar-refractivity contribution in [3.05, 3.63) is 34.5 Å². The van der Waals surface area contributed by atoms with E-state index in [2.05, 4.69) is 29.4 Å². The highest BCUT2D eigenvalue weighted by Gasteiger charge is 2.17. The Morgan fingerprint density at radius 2 is 2.24 bits per heavy atom. The van der Waals surface area contributed by atoms with Crippen LogP contribution in [-0.4, -0.2) is 18.1 Å². The van der Waals surface area contributed by atoms with Crippen molar-refractivity contribution < 1.29 is 0 Å². The smallest absolute Gasteiger partial charge is 0.0500 e. The first-order valence-electron chi connectivity index (χ1n) is 6.24. The van der Waals surface area contributed by atoms with Crippen molar-refractivity contribution >= 4 is 22.5 Å². The molecule has 3 rings (SSSR count). The minimum absolute atomic E-state index is 0.620. The molecular formula is C14H17ClN2. The number of hydrogen-bond acceptors (Lipinski definition) is 1. The van der Waals surface area contributed by atoms with Crippen LogP contribution >= 0.6 is 11.6 Å². The molecule has 1 aromatic carbocycles. The zero-order chi connectivity index (χ0) is 11.8. The Labute approximate surface area is 106 Å². The second kappa shape index (κ2) is 4.35. The molecule has 1 aliphatic heterocycles. The molecule has 0 spiro atoms. The first-order valence-corrected chi connectivity index (χ1v) is 6.62. The number of rotatable bonds is 1. The largest absolute Gasteiger partial charge is 0.358 e. The molecule has 3 heteroatoms. The summed E-state index contributed by atoms with van der Waals surface area (Å²) in [6, 6.07) is 6.35. The van der Waals surface area contributed by atoms with Gasteiger partial charge in [0.25, 0.3) is 0 Å². The summed E-state index contributed by atoms with van der Waals surface area (Å²) >= 11 is 6.15. The average Bonchev–Trinajstić information content (AvgIpc) is 2.80. The summed E-state index contributed by atoms with van der Waals surface area (Å²) in [5, 5.41) is 5.57. The standard InChI is InChI=1S/C14H17ClN2/c1-9-12(15)5-4-10-7-13(17-14(9)10)11-3-2-6-16-8-11/h4-5,7,11,16-17H,2-3,6,8H2,1H3. The summed E-state index contributed by atoms with van der Waals surface area (Å²) in [4.78, 5) is 3.55. The Kier molecular flexibility index (Phi) is 2.85. The predicted octanol–water partition coefficient (Wildman–Crippen LogP) is 3.60. The van der Waals surface area contributed by atoms with Crippen molar-refractivity contribution in [1.29, 1.82) is 0 Å². The van der Waals surface area contributed by atoms with E-state index in [-0.39, 0.29) is 0 Å². The maximum atomic E-state index is 6.15. The molecule has 2 N–H and O–H groups in total. The number of aryl methyl sites for hydroxylation is 1. The van der Waals surface area contributed by atoms with Gasteiger partial charge in [0.1, 0.15) is 0 Å². The predicted molar refractivity (Wildman–Crippen MR) is 72.9 cm³/mol. The number of hydrogen-bond donors (Lipinski definition) is 2. The van der Waals surface area contributed by atoms with Crippen LogP contribution in [0, 0.1) is 6.92 Å². The molecule has 1 atom stereocenters. The Balaban J connectivity index is 2.04. The zero-order valence-electron chi connectivity index (χ0n) is 10.0. The number of aromatic amines is 1. The first-order chi connectivity index (χ1) is 8.25. The Bertz CT molecular complexity index is 538. The minimum atomic E-state index is 0.620. The van der Waals surface area contributed by atoms with Crippen molar-refractivity contribution in [2.24, 2.45) is 0 Å². The fourth-order valence-corrected chi connectivity index (χ4v) is 2.84. The molecule has 2 heterocycles. The van der Waals surface area contributed by atoms with Gasteiger partial charge in [-0.15, -0.1) is 0 Å². The van der Waals surface area contributed by atoms with Gasteiger partial charge in [0.15, 0.2) is 0 Å². The molecule has 0 bridgehead atoms. The van der Waals surface area contributed by atoms with Gasteiger partial charge in [0.05, 0.1) is 5.52 Å². The Morgan fingerprint density at radius 3 is 3.00 bits per heavy atom. The van der Waals surface area contributed by atoms with Crippen LogP contribution in [0.2, 0.25) is 5.02 Å². The number of halogens is 1. The van der Waals surface area contributed by atoms with Crippen LogP contribution in [0.15, 0.2) is 18.2 Å². The molecule has 2 aromatic rings. The number of nitrogens with one attached hydrogen (secondary N) is 2. The third-order valence-corrected chi connectivity index (χ3v) is 4.16. The van der Waals surface area contributed by atoms with Gasteiger partial charge in [-0.1, -0.05) is 17.7 Å². The van der Waals surface area contributed by atoms with Crippen molar-refractivity contribution in [3.8, 4) is 0 Å². The van der Waals surface area contributed by atoms with E-state index < -0.39 is 0 Å². The molecule has 1 saturated heterocycles. The van der Waals surface area contributed by atoms with E-state index in [9.17, 15) is 0 Å². The number of piperidine rings is 1. The zero-order valence-corrected chi connectivity index (χ0v) is 10.8. The molecule has 1 fully saturated rings. The lowest BCUT2D eigenvalue weighted by atomic mass is 9.96. The highest BCUT2D eigenvalue weighted by atomic mass is 35.5. The van der Waals surface area contributed by atoms with Gasteiger partial charge in [-0.2, -0.15) is 0 Å². The molecule has 17 heavy (non-hydrogen) atoms. The summed E-state index contributed by atoms with van der Waals surface area (Å²) < 4.78 is 0. The van der Waals surface area contributed by atoms with Crippen LogP contribution in [0.3, 0.4) is 0 Å². The second-order valence-corrected chi connectivity index (χ2v) is 5.31. The molecule has 2 nitrogen and oxygen atoms in total. The van der Waals surface area contributed by atoms with Crippen LogP contribution in [0.4, 0.5) is 0 Å². The molecule has 0 radical (unpaired) electrons. The van der Waals surface area contributed by atoms with Gasteiger partial charge in [-0.05, 0) is 44.0 Å². The van der Waals surface area contributed by atoms with E-state index in [1.54, 1.807) is 0 Å². The lowest BCUT2D eigenvalue weighted by Gasteiger charge is -2.21. The van der Waals surface area contributed by atoms with Crippen LogP contribution in [0.5, 0.6) is 0 Å². The number of benzene rings is 1. The van der Waals surface area contributed by atoms with Crippen LogP contribution < -0.4 is 5.32 Å². The van der Waals surface area contributed by atoms with Gasteiger partial charge in [0, 0.05) is 28.6 Å². The molecule has 0 amide bonds. The average molecular weight is 249 g/mol. The number of H-pyrrole nitrogens is 1. The lowest BCUT2D eigenvalue weighted by Crippen LogP contribution is -2.28. The quantitative estimate of drug-likeness (QED) is 0.793. The minimum Gasteiger partial charge on any atom is -0.358 e. The highest BCUT2D eigenvalue weighted by Crippen LogP contribution is 2.30. The van der Waals surface area contributed by atoms with Crippen molar-refractivity contribution in [3.63, 3.8) is 0 Å². The van der Waals surface area contributed by atoms with Crippen molar-refractivity contribution in [2.45, 2.75) is 25.7 Å². The van der Waals surface area contributed by atoms with Crippen LogP contribution in [-0.2, 0) is 0 Å². The summed E-state index contributed by atoms with van der Waals surface area (Å²) in [5.41, 5.74) is 3.69. The van der Waals surface area contributed by atoms with Crippen LogP contribution in [0.1, 0.15) is 30.0 Å². The molecule has 1 unspecified atom stereocenters. The normalized spacial score (nSPS) is 20.9. The molecule has 0 saturated carbocycles. The van der Waals surface area contributed by atoms with Crippen LogP contribution in [0.25, 0.3) is 10.9 Å². The summed E-state index contributed by atoms with van der Waals surface area (Å²) in [6.07, 6.45) is 2.53. The topological polar surface area (TPSA) is 27.8 Å². The molecule has 1 aliphatic rings. The summed E-state index contributed by atoms with van der Waals surface area (Å²) in [6.45, 7) is 4.31. The van der Waals surface area contributed by atoms with Crippen molar-refractivity contribution in [1.82, 2.24) is 10.3 Å². The Morgan fingerprint density at radius 1 is 1.35 bits per heavy atom. The Hall–Kier alpha value is -0.990. The third kappa shape index (κ3) is 1.96.